The standard InChI is InChI=1S/C24H27N3O4/c1-31-18-11-7-10-17(14-18)25-22(28)15-21-23(29)26-19-12-5-6-13-20(19)27(21)24(30)16-8-3-2-4-9-16/h2-4,7-11,14,19-21H,5-6,12-13,15H2,1H3,(H,25,28)(H,26,29)/t19-,20+,21-/m1/s1. The average Bonchev–Trinajstić information content (AvgIpc) is 2.80. The molecule has 162 valence electrons. The predicted octanol–water partition coefficient (Wildman–Crippen LogP) is 2.98. The number of fused-ring (bicyclic) bond motifs is 1. The van der Waals surface area contributed by atoms with Gasteiger partial charge in [0, 0.05) is 23.4 Å². The molecule has 0 bridgehead atoms. The van der Waals surface area contributed by atoms with E-state index in [0.717, 1.165) is 25.7 Å². The summed E-state index contributed by atoms with van der Waals surface area (Å²) in [5, 5.41) is 5.88. The first-order chi connectivity index (χ1) is 15.1. The molecule has 0 unspecified atom stereocenters. The number of benzene rings is 2. The molecule has 0 spiro atoms. The van der Waals surface area contributed by atoms with Gasteiger partial charge in [0.15, 0.2) is 0 Å². The molecule has 2 fully saturated rings. The second-order valence-electron chi connectivity index (χ2n) is 8.05. The number of nitrogens with one attached hydrogen (secondary N) is 2. The van der Waals surface area contributed by atoms with Crippen LogP contribution in [0.5, 0.6) is 5.75 Å². The summed E-state index contributed by atoms with van der Waals surface area (Å²) in [5.41, 5.74) is 1.11. The van der Waals surface area contributed by atoms with Gasteiger partial charge in [-0.15, -0.1) is 0 Å². The average molecular weight is 421 g/mol. The number of nitrogens with zero attached hydrogens (tertiary/aromatic N) is 1. The Morgan fingerprint density at radius 2 is 1.87 bits per heavy atom. The van der Waals surface area contributed by atoms with E-state index in [1.807, 2.05) is 6.07 Å². The van der Waals surface area contributed by atoms with Gasteiger partial charge in [0.2, 0.25) is 11.8 Å². The van der Waals surface area contributed by atoms with Crippen molar-refractivity contribution < 1.29 is 19.1 Å². The van der Waals surface area contributed by atoms with Gasteiger partial charge in [-0.25, -0.2) is 0 Å². The Bertz CT molecular complexity index is 962. The normalized spacial score (nSPS) is 22.8. The van der Waals surface area contributed by atoms with E-state index < -0.39 is 6.04 Å². The molecule has 2 aromatic carbocycles. The van der Waals surface area contributed by atoms with Crippen LogP contribution in [0.3, 0.4) is 0 Å². The van der Waals surface area contributed by atoms with Crippen molar-refractivity contribution in [2.75, 3.05) is 12.4 Å². The fraction of sp³-hybridized carbons (Fsp3) is 0.375. The van der Waals surface area contributed by atoms with Gasteiger partial charge in [0.05, 0.1) is 19.6 Å². The van der Waals surface area contributed by atoms with Crippen LogP contribution in [-0.4, -0.2) is 47.9 Å². The smallest absolute Gasteiger partial charge is 0.254 e. The third kappa shape index (κ3) is 4.55. The van der Waals surface area contributed by atoms with Crippen LogP contribution in [0.1, 0.15) is 42.5 Å². The van der Waals surface area contributed by atoms with Crippen LogP contribution in [0.4, 0.5) is 5.69 Å². The number of rotatable bonds is 5. The van der Waals surface area contributed by atoms with Crippen LogP contribution < -0.4 is 15.4 Å². The highest BCUT2D eigenvalue weighted by Crippen LogP contribution is 2.31. The predicted molar refractivity (Wildman–Crippen MR) is 117 cm³/mol. The van der Waals surface area contributed by atoms with E-state index in [1.165, 1.54) is 0 Å². The maximum atomic E-state index is 13.4. The number of anilines is 1. The molecule has 0 radical (unpaired) electrons. The van der Waals surface area contributed by atoms with E-state index in [4.69, 9.17) is 4.74 Å². The lowest BCUT2D eigenvalue weighted by molar-refractivity contribution is -0.135. The summed E-state index contributed by atoms with van der Waals surface area (Å²) in [6.07, 6.45) is 3.58. The van der Waals surface area contributed by atoms with Gasteiger partial charge < -0.3 is 20.3 Å². The van der Waals surface area contributed by atoms with Crippen LogP contribution in [-0.2, 0) is 9.59 Å². The molecule has 2 aliphatic rings. The van der Waals surface area contributed by atoms with Crippen LogP contribution in [0.15, 0.2) is 54.6 Å². The summed E-state index contributed by atoms with van der Waals surface area (Å²) >= 11 is 0. The van der Waals surface area contributed by atoms with Crippen LogP contribution in [0.25, 0.3) is 0 Å². The number of piperazine rings is 1. The fourth-order valence-corrected chi connectivity index (χ4v) is 4.55. The highest BCUT2D eigenvalue weighted by molar-refractivity contribution is 6.01. The van der Waals surface area contributed by atoms with Crippen molar-refractivity contribution in [1.29, 1.82) is 0 Å². The number of carbonyl (C=O) groups excluding carboxylic acids is 3. The molecule has 1 saturated heterocycles. The lowest BCUT2D eigenvalue weighted by Gasteiger charge is -2.48. The maximum Gasteiger partial charge on any atom is 0.254 e. The van der Waals surface area contributed by atoms with E-state index in [0.29, 0.717) is 17.0 Å². The molecule has 2 aromatic rings. The van der Waals surface area contributed by atoms with E-state index >= 15 is 0 Å². The van der Waals surface area contributed by atoms with Crippen molar-refractivity contribution in [2.45, 2.75) is 50.2 Å². The van der Waals surface area contributed by atoms with Crippen LogP contribution in [0, 0.1) is 0 Å². The Morgan fingerprint density at radius 3 is 2.65 bits per heavy atom. The van der Waals surface area contributed by atoms with Gasteiger partial charge in [-0.05, 0) is 37.1 Å². The highest BCUT2D eigenvalue weighted by Gasteiger charge is 2.46. The zero-order chi connectivity index (χ0) is 21.8. The van der Waals surface area contributed by atoms with Crippen molar-refractivity contribution in [3.8, 4) is 5.75 Å². The van der Waals surface area contributed by atoms with Gasteiger partial charge in [0.25, 0.3) is 5.91 Å². The Balaban J connectivity index is 1.57. The van der Waals surface area contributed by atoms with Gasteiger partial charge >= 0.3 is 0 Å². The van der Waals surface area contributed by atoms with Crippen LogP contribution >= 0.6 is 0 Å². The number of hydrogen-bond donors (Lipinski definition) is 2. The summed E-state index contributed by atoms with van der Waals surface area (Å²) in [6.45, 7) is 0. The topological polar surface area (TPSA) is 87.7 Å². The molecule has 7 nitrogen and oxygen atoms in total. The summed E-state index contributed by atoms with van der Waals surface area (Å²) in [4.78, 5) is 40.9. The highest BCUT2D eigenvalue weighted by atomic mass is 16.5. The molecular formula is C24H27N3O4. The van der Waals surface area contributed by atoms with Crippen LogP contribution in [0.2, 0.25) is 0 Å². The first-order valence-electron chi connectivity index (χ1n) is 10.7. The molecule has 2 N–H and O–H groups in total. The summed E-state index contributed by atoms with van der Waals surface area (Å²) in [7, 11) is 1.56. The molecule has 7 heteroatoms. The Morgan fingerprint density at radius 1 is 1.10 bits per heavy atom. The molecule has 1 aliphatic carbocycles. The minimum absolute atomic E-state index is 0.0633. The molecule has 1 saturated carbocycles. The molecule has 1 aliphatic heterocycles. The summed E-state index contributed by atoms with van der Waals surface area (Å²) in [5.74, 6) is -0.174. The van der Waals surface area contributed by atoms with Gasteiger partial charge in [-0.3, -0.25) is 14.4 Å². The second kappa shape index (κ2) is 9.20. The largest absolute Gasteiger partial charge is 0.497 e. The van der Waals surface area contributed by atoms with Crippen molar-refractivity contribution in [3.63, 3.8) is 0 Å². The zero-order valence-electron chi connectivity index (χ0n) is 17.5. The van der Waals surface area contributed by atoms with E-state index in [9.17, 15) is 14.4 Å². The quantitative estimate of drug-likeness (QED) is 0.777. The lowest BCUT2D eigenvalue weighted by atomic mass is 9.84. The first kappa shape index (κ1) is 20.9. The van der Waals surface area contributed by atoms with Crippen molar-refractivity contribution in [2.24, 2.45) is 0 Å². The van der Waals surface area contributed by atoms with E-state index in [2.05, 4.69) is 10.6 Å². The zero-order valence-corrected chi connectivity index (χ0v) is 17.5. The fourth-order valence-electron chi connectivity index (χ4n) is 4.55. The Labute approximate surface area is 181 Å². The third-order valence-corrected chi connectivity index (χ3v) is 6.04. The van der Waals surface area contributed by atoms with Gasteiger partial charge in [0.1, 0.15) is 11.8 Å². The molecule has 4 rings (SSSR count). The lowest BCUT2D eigenvalue weighted by Crippen LogP contribution is -2.68. The molecule has 3 amide bonds. The third-order valence-electron chi connectivity index (χ3n) is 6.04. The monoisotopic (exact) mass is 421 g/mol. The van der Waals surface area contributed by atoms with Gasteiger partial charge in [-0.1, -0.05) is 37.1 Å². The van der Waals surface area contributed by atoms with E-state index in [1.54, 1.807) is 60.5 Å². The molecule has 3 atom stereocenters. The first-order valence-corrected chi connectivity index (χ1v) is 10.7. The number of carbonyl (C=O) groups is 3. The number of ether oxygens (including phenoxy) is 1. The molecular weight excluding hydrogens is 394 g/mol. The summed E-state index contributed by atoms with van der Waals surface area (Å²) in [6, 6.07) is 15.0. The number of hydrogen-bond acceptors (Lipinski definition) is 4. The maximum absolute atomic E-state index is 13.4. The number of methoxy groups -OCH3 is 1. The Kier molecular flexibility index (Phi) is 6.21. The molecule has 1 heterocycles. The minimum atomic E-state index is -0.849. The molecule has 31 heavy (non-hydrogen) atoms. The molecule has 0 aromatic heterocycles. The van der Waals surface area contributed by atoms with Crippen molar-refractivity contribution in [1.82, 2.24) is 10.2 Å². The van der Waals surface area contributed by atoms with Crippen molar-refractivity contribution in [3.05, 3.63) is 60.2 Å². The summed E-state index contributed by atoms with van der Waals surface area (Å²) < 4.78 is 5.19. The minimum Gasteiger partial charge on any atom is -0.497 e. The second-order valence-corrected chi connectivity index (χ2v) is 8.05. The Hall–Kier alpha value is -3.35. The van der Waals surface area contributed by atoms with E-state index in [-0.39, 0.29) is 36.2 Å². The van der Waals surface area contributed by atoms with Gasteiger partial charge in [-0.2, -0.15) is 0 Å². The SMILES string of the molecule is COc1cccc(NC(=O)C[C@@H]2C(=O)N[C@@H]3CCCC[C@@H]3N2C(=O)c2ccccc2)c1. The van der Waals surface area contributed by atoms with Crippen molar-refractivity contribution >= 4 is 23.4 Å². The number of amides is 3.